The fourth-order valence-corrected chi connectivity index (χ4v) is 3.39. The van der Waals surface area contributed by atoms with Crippen molar-refractivity contribution in [2.75, 3.05) is 7.05 Å². The highest BCUT2D eigenvalue weighted by Gasteiger charge is 2.36. The number of hydrogen-bond donors (Lipinski definition) is 0. The Morgan fingerprint density at radius 3 is 2.44 bits per heavy atom. The van der Waals surface area contributed by atoms with E-state index >= 15 is 0 Å². The van der Waals surface area contributed by atoms with E-state index < -0.39 is 17.8 Å². The van der Waals surface area contributed by atoms with Crippen LogP contribution in [0.3, 0.4) is 0 Å². The van der Waals surface area contributed by atoms with Crippen LogP contribution in [-0.4, -0.2) is 42.2 Å². The number of fused-ring (bicyclic) bond motifs is 1. The van der Waals surface area contributed by atoms with Gasteiger partial charge in [0, 0.05) is 31.9 Å². The highest BCUT2D eigenvalue weighted by molar-refractivity contribution is 5.93. The van der Waals surface area contributed by atoms with E-state index in [4.69, 9.17) is 0 Å². The van der Waals surface area contributed by atoms with E-state index in [0.29, 0.717) is 15.8 Å². The Morgan fingerprint density at radius 2 is 1.81 bits per heavy atom. The van der Waals surface area contributed by atoms with Crippen LogP contribution in [0.1, 0.15) is 33.0 Å². The maximum Gasteiger partial charge on any atom is 0.433 e. The van der Waals surface area contributed by atoms with Crippen LogP contribution in [-0.2, 0) is 19.8 Å². The number of aryl methyl sites for hydroxylation is 3. The number of carbonyl (C=O) groups is 1. The molecule has 166 valence electrons. The molecule has 0 saturated carbocycles. The summed E-state index contributed by atoms with van der Waals surface area (Å²) in [4.78, 5) is 18.5. The Morgan fingerprint density at radius 1 is 1.06 bits per heavy atom. The molecule has 4 rings (SSSR count). The molecule has 1 amide bonds. The van der Waals surface area contributed by atoms with Gasteiger partial charge in [-0.25, -0.2) is 9.50 Å². The molecule has 0 aliphatic rings. The molecule has 3 heterocycles. The Hall–Kier alpha value is -3.69. The average molecular weight is 442 g/mol. The van der Waals surface area contributed by atoms with Crippen LogP contribution in [0.15, 0.2) is 42.6 Å². The molecule has 0 atom stereocenters. The summed E-state index contributed by atoms with van der Waals surface area (Å²) in [6.07, 6.45) is -2.94. The molecule has 0 spiro atoms. The molecule has 3 aromatic heterocycles. The van der Waals surface area contributed by atoms with Crippen LogP contribution >= 0.6 is 0 Å². The summed E-state index contributed by atoms with van der Waals surface area (Å²) < 4.78 is 43.7. The van der Waals surface area contributed by atoms with Gasteiger partial charge in [-0.3, -0.25) is 9.48 Å². The molecule has 0 bridgehead atoms. The molecule has 0 saturated heterocycles. The first-order valence-corrected chi connectivity index (χ1v) is 9.82. The molecular weight excluding hydrogens is 421 g/mol. The average Bonchev–Trinajstić information content (AvgIpc) is 3.33. The van der Waals surface area contributed by atoms with Gasteiger partial charge in [0.15, 0.2) is 17.0 Å². The first-order valence-electron chi connectivity index (χ1n) is 9.82. The maximum absolute atomic E-state index is 13.8. The highest BCUT2D eigenvalue weighted by atomic mass is 19.4. The van der Waals surface area contributed by atoms with E-state index in [-0.39, 0.29) is 23.6 Å². The molecule has 0 aliphatic carbocycles. The molecular formula is C22H21F3N6O. The second-order valence-corrected chi connectivity index (χ2v) is 7.76. The normalized spacial score (nSPS) is 11.8. The fourth-order valence-electron chi connectivity index (χ4n) is 3.39. The number of aromatic nitrogens is 5. The zero-order valence-corrected chi connectivity index (χ0v) is 18.0. The highest BCUT2D eigenvalue weighted by Crippen LogP contribution is 2.32. The topological polar surface area (TPSA) is 68.3 Å². The first-order chi connectivity index (χ1) is 15.0. The van der Waals surface area contributed by atoms with Gasteiger partial charge in [0.1, 0.15) is 0 Å². The van der Waals surface area contributed by atoms with Crippen LogP contribution in [0.25, 0.3) is 16.9 Å². The van der Waals surface area contributed by atoms with E-state index in [2.05, 4.69) is 15.2 Å². The first kappa shape index (κ1) is 21.5. The van der Waals surface area contributed by atoms with E-state index in [1.807, 2.05) is 19.9 Å². The molecule has 0 aliphatic heterocycles. The third-order valence-corrected chi connectivity index (χ3v) is 5.25. The quantitative estimate of drug-likeness (QED) is 0.479. The predicted octanol–water partition coefficient (Wildman–Crippen LogP) is 4.04. The summed E-state index contributed by atoms with van der Waals surface area (Å²) in [6, 6.07) is 9.34. The summed E-state index contributed by atoms with van der Waals surface area (Å²) in [5, 5.41) is 8.14. The standard InChI is InChI=1S/C22H21F3N6O/c1-13-5-6-15(9-14(13)2)17-10-19(22(23,24)25)31-20(26-17)11-18(28-31)21(32)29(3)12-16-7-8-30(4)27-16/h5-11H,12H2,1-4H3. The van der Waals surface area contributed by atoms with Crippen LogP contribution in [0.5, 0.6) is 0 Å². The Labute approximate surface area is 182 Å². The summed E-state index contributed by atoms with van der Waals surface area (Å²) in [7, 11) is 3.30. The maximum atomic E-state index is 13.8. The van der Waals surface area contributed by atoms with Crippen molar-refractivity contribution >= 4 is 11.6 Å². The molecule has 0 fully saturated rings. The molecule has 0 unspecified atom stereocenters. The lowest BCUT2D eigenvalue weighted by Crippen LogP contribution is -2.27. The van der Waals surface area contributed by atoms with Crippen molar-refractivity contribution < 1.29 is 18.0 Å². The second-order valence-electron chi connectivity index (χ2n) is 7.76. The van der Waals surface area contributed by atoms with Crippen molar-refractivity contribution in [2.45, 2.75) is 26.6 Å². The van der Waals surface area contributed by atoms with Gasteiger partial charge in [0.25, 0.3) is 5.91 Å². The summed E-state index contributed by atoms with van der Waals surface area (Å²) in [5.74, 6) is -0.526. The fraction of sp³-hybridized carbons (Fsp3) is 0.273. The van der Waals surface area contributed by atoms with Crippen molar-refractivity contribution in [3.05, 3.63) is 70.8 Å². The molecule has 7 nitrogen and oxygen atoms in total. The summed E-state index contributed by atoms with van der Waals surface area (Å²) in [6.45, 7) is 4.00. The SMILES string of the molecule is Cc1ccc(-c2cc(C(F)(F)F)n3nc(C(=O)N(C)Cc4ccn(C)n4)cc3n2)cc1C. The predicted molar refractivity (Wildman–Crippen MR) is 112 cm³/mol. The lowest BCUT2D eigenvalue weighted by Gasteiger charge is -2.14. The number of nitrogens with zero attached hydrogens (tertiary/aromatic N) is 6. The number of amides is 1. The van der Waals surface area contributed by atoms with Gasteiger partial charge < -0.3 is 4.90 Å². The smallest absolute Gasteiger partial charge is 0.334 e. The van der Waals surface area contributed by atoms with Gasteiger partial charge in [-0.05, 0) is 43.2 Å². The van der Waals surface area contributed by atoms with E-state index in [1.54, 1.807) is 43.2 Å². The van der Waals surface area contributed by atoms with Crippen LogP contribution in [0.2, 0.25) is 0 Å². The monoisotopic (exact) mass is 442 g/mol. The number of carbonyl (C=O) groups excluding carboxylic acids is 1. The molecule has 0 radical (unpaired) electrons. The summed E-state index contributed by atoms with van der Waals surface area (Å²) in [5.41, 5.74) is 2.16. The third kappa shape index (κ3) is 4.08. The van der Waals surface area contributed by atoms with Crippen LogP contribution < -0.4 is 0 Å². The summed E-state index contributed by atoms with van der Waals surface area (Å²) >= 11 is 0. The van der Waals surface area contributed by atoms with Crippen molar-refractivity contribution in [1.82, 2.24) is 29.3 Å². The molecule has 0 N–H and O–H groups in total. The van der Waals surface area contributed by atoms with Gasteiger partial charge in [-0.15, -0.1) is 0 Å². The van der Waals surface area contributed by atoms with Crippen molar-refractivity contribution in [3.8, 4) is 11.3 Å². The Bertz CT molecular complexity index is 1320. The van der Waals surface area contributed by atoms with E-state index in [0.717, 1.165) is 17.2 Å². The molecule has 10 heteroatoms. The van der Waals surface area contributed by atoms with Gasteiger partial charge in [-0.1, -0.05) is 12.1 Å². The number of benzene rings is 1. The van der Waals surface area contributed by atoms with E-state index in [1.165, 1.54) is 11.0 Å². The zero-order valence-electron chi connectivity index (χ0n) is 18.0. The van der Waals surface area contributed by atoms with Crippen molar-refractivity contribution in [1.29, 1.82) is 0 Å². The number of hydrogen-bond acceptors (Lipinski definition) is 4. The zero-order chi connectivity index (χ0) is 23.2. The Balaban J connectivity index is 1.76. The minimum atomic E-state index is -4.68. The van der Waals surface area contributed by atoms with Gasteiger partial charge in [0.05, 0.1) is 17.9 Å². The van der Waals surface area contributed by atoms with Gasteiger partial charge in [0.2, 0.25) is 0 Å². The minimum absolute atomic E-state index is 0.0531. The Kier molecular flexibility index (Phi) is 5.23. The van der Waals surface area contributed by atoms with Crippen molar-refractivity contribution in [3.63, 3.8) is 0 Å². The van der Waals surface area contributed by atoms with Gasteiger partial charge >= 0.3 is 6.18 Å². The minimum Gasteiger partial charge on any atom is -0.334 e. The lowest BCUT2D eigenvalue weighted by atomic mass is 10.0. The lowest BCUT2D eigenvalue weighted by molar-refractivity contribution is -0.142. The molecule has 1 aromatic carbocycles. The third-order valence-electron chi connectivity index (χ3n) is 5.25. The largest absolute Gasteiger partial charge is 0.433 e. The van der Waals surface area contributed by atoms with Gasteiger partial charge in [-0.2, -0.15) is 23.4 Å². The molecule has 4 aromatic rings. The molecule has 32 heavy (non-hydrogen) atoms. The van der Waals surface area contributed by atoms with Crippen LogP contribution in [0, 0.1) is 13.8 Å². The van der Waals surface area contributed by atoms with Crippen molar-refractivity contribution in [2.24, 2.45) is 7.05 Å². The van der Waals surface area contributed by atoms with Crippen LogP contribution in [0.4, 0.5) is 13.2 Å². The second kappa shape index (κ2) is 7.77. The number of rotatable bonds is 4. The number of alkyl halides is 3. The number of halogens is 3. The van der Waals surface area contributed by atoms with E-state index in [9.17, 15) is 18.0 Å².